The molecule has 0 aliphatic carbocycles. The molecule has 0 aromatic rings. The van der Waals surface area contributed by atoms with Gasteiger partial charge < -0.3 is 14.8 Å². The van der Waals surface area contributed by atoms with Crippen molar-refractivity contribution >= 4 is 22.4 Å². The monoisotopic (exact) mass is 356 g/mol. The Balaban J connectivity index is 0.00000242. The lowest BCUT2D eigenvalue weighted by Crippen LogP contribution is -2.48. The molecule has 6 nitrogen and oxygen atoms in total. The van der Waals surface area contributed by atoms with Gasteiger partial charge in [0.05, 0.1) is 18.5 Å². The summed E-state index contributed by atoms with van der Waals surface area (Å²) in [6.07, 6.45) is 4.65. The third-order valence-electron chi connectivity index (χ3n) is 4.46. The molecule has 0 aromatic heterocycles. The maximum absolute atomic E-state index is 12.2. The van der Waals surface area contributed by atoms with Crippen LogP contribution in [0.2, 0.25) is 0 Å². The van der Waals surface area contributed by atoms with Gasteiger partial charge in [-0.25, -0.2) is 13.1 Å². The first-order chi connectivity index (χ1) is 10.1. The molecule has 132 valence electrons. The maximum Gasteiger partial charge on any atom is 0.214 e. The highest BCUT2D eigenvalue weighted by molar-refractivity contribution is 7.89. The van der Waals surface area contributed by atoms with Crippen molar-refractivity contribution in [3.8, 4) is 0 Å². The summed E-state index contributed by atoms with van der Waals surface area (Å²) >= 11 is 0. The molecule has 0 bridgehead atoms. The molecule has 1 unspecified atom stereocenters. The molecular formula is C14H29ClN2O4S. The largest absolute Gasteiger partial charge is 0.384 e. The van der Waals surface area contributed by atoms with Crippen molar-refractivity contribution in [2.45, 2.75) is 38.2 Å². The third kappa shape index (κ3) is 6.29. The average molecular weight is 357 g/mol. The fourth-order valence-corrected chi connectivity index (χ4v) is 4.54. The van der Waals surface area contributed by atoms with E-state index in [1.54, 1.807) is 7.11 Å². The molecule has 2 heterocycles. The van der Waals surface area contributed by atoms with E-state index in [0.717, 1.165) is 45.2 Å². The number of sulfonamides is 1. The molecule has 2 aliphatic heterocycles. The zero-order valence-electron chi connectivity index (χ0n) is 13.3. The second-order valence-electron chi connectivity index (χ2n) is 6.27. The van der Waals surface area contributed by atoms with Crippen molar-refractivity contribution in [1.29, 1.82) is 0 Å². The summed E-state index contributed by atoms with van der Waals surface area (Å²) in [6.45, 7) is 3.56. The van der Waals surface area contributed by atoms with Gasteiger partial charge in [-0.2, -0.15) is 0 Å². The summed E-state index contributed by atoms with van der Waals surface area (Å²) in [4.78, 5) is 0. The lowest BCUT2D eigenvalue weighted by molar-refractivity contribution is 0.0301. The Morgan fingerprint density at radius 1 is 1.32 bits per heavy atom. The van der Waals surface area contributed by atoms with Crippen LogP contribution in [0, 0.1) is 5.41 Å². The lowest BCUT2D eigenvalue weighted by atomic mass is 9.80. The molecule has 1 atom stereocenters. The molecule has 2 saturated heterocycles. The molecular weight excluding hydrogens is 328 g/mol. The predicted molar refractivity (Wildman–Crippen MR) is 89.0 cm³/mol. The molecule has 0 amide bonds. The van der Waals surface area contributed by atoms with Crippen LogP contribution >= 0.6 is 12.4 Å². The molecule has 2 N–H and O–H groups in total. The molecule has 8 heteroatoms. The Morgan fingerprint density at radius 3 is 2.64 bits per heavy atom. The van der Waals surface area contributed by atoms with Crippen molar-refractivity contribution in [3.63, 3.8) is 0 Å². The highest BCUT2D eigenvalue weighted by atomic mass is 35.5. The van der Waals surface area contributed by atoms with E-state index in [4.69, 9.17) is 9.47 Å². The van der Waals surface area contributed by atoms with Crippen molar-refractivity contribution in [2.75, 3.05) is 45.7 Å². The minimum absolute atomic E-state index is 0. The fourth-order valence-electron chi connectivity index (χ4n) is 3.14. The average Bonchev–Trinajstić information content (AvgIpc) is 2.47. The van der Waals surface area contributed by atoms with E-state index in [1.165, 1.54) is 0 Å². The summed E-state index contributed by atoms with van der Waals surface area (Å²) in [7, 11) is -1.61. The molecule has 0 aromatic carbocycles. The van der Waals surface area contributed by atoms with Gasteiger partial charge in [-0.1, -0.05) is 0 Å². The topological polar surface area (TPSA) is 76.7 Å². The van der Waals surface area contributed by atoms with E-state index in [0.29, 0.717) is 19.8 Å². The Morgan fingerprint density at radius 2 is 2.05 bits per heavy atom. The second kappa shape index (κ2) is 9.39. The molecule has 0 saturated carbocycles. The number of nitrogens with one attached hydrogen (secondary N) is 2. The molecule has 2 fully saturated rings. The lowest BCUT2D eigenvalue weighted by Gasteiger charge is -2.37. The number of halogens is 1. The van der Waals surface area contributed by atoms with E-state index >= 15 is 0 Å². The summed E-state index contributed by atoms with van der Waals surface area (Å²) in [5.41, 5.74) is -0.0828. The fraction of sp³-hybridized carbons (Fsp3) is 1.00. The van der Waals surface area contributed by atoms with E-state index in [-0.39, 0.29) is 29.7 Å². The molecule has 2 rings (SSSR count). The first kappa shape index (κ1) is 20.1. The minimum atomic E-state index is -3.29. The van der Waals surface area contributed by atoms with Gasteiger partial charge in [0, 0.05) is 25.7 Å². The molecule has 22 heavy (non-hydrogen) atoms. The Bertz CT molecular complexity index is 402. The van der Waals surface area contributed by atoms with E-state index in [9.17, 15) is 8.42 Å². The second-order valence-corrected chi connectivity index (χ2v) is 8.13. The van der Waals surface area contributed by atoms with E-state index in [2.05, 4.69) is 10.0 Å². The van der Waals surface area contributed by atoms with Gasteiger partial charge in [-0.05, 0) is 45.2 Å². The van der Waals surface area contributed by atoms with Crippen LogP contribution in [0.25, 0.3) is 0 Å². The maximum atomic E-state index is 12.2. The summed E-state index contributed by atoms with van der Waals surface area (Å²) in [5.74, 6) is 0.0777. The van der Waals surface area contributed by atoms with Gasteiger partial charge in [0.25, 0.3) is 0 Å². The standard InChI is InChI=1S/C14H28N2O4S.ClH/c1-19-12-14(5-7-15-8-6-14)11-16-21(17,18)10-13-4-2-3-9-20-13;/h13,15-16H,2-12H2,1H3;1H. The summed E-state index contributed by atoms with van der Waals surface area (Å²) in [5, 5.41) is 3.31. The summed E-state index contributed by atoms with van der Waals surface area (Å²) < 4.78 is 38.1. The van der Waals surface area contributed by atoms with Crippen LogP contribution in [0.3, 0.4) is 0 Å². The van der Waals surface area contributed by atoms with Crippen LogP contribution in [0.15, 0.2) is 0 Å². The van der Waals surface area contributed by atoms with Gasteiger partial charge in [-0.15, -0.1) is 12.4 Å². The highest BCUT2D eigenvalue weighted by Crippen LogP contribution is 2.28. The third-order valence-corrected chi connectivity index (χ3v) is 5.86. The van der Waals surface area contributed by atoms with Gasteiger partial charge in [0.2, 0.25) is 10.0 Å². The molecule has 0 radical (unpaired) electrons. The van der Waals surface area contributed by atoms with Crippen LogP contribution in [0.4, 0.5) is 0 Å². The number of rotatable bonds is 7. The van der Waals surface area contributed by atoms with Crippen LogP contribution in [0.5, 0.6) is 0 Å². The first-order valence-electron chi connectivity index (χ1n) is 7.84. The predicted octanol–water partition coefficient (Wildman–Crippen LogP) is 0.913. The van der Waals surface area contributed by atoms with Gasteiger partial charge in [-0.3, -0.25) is 0 Å². The zero-order chi connectivity index (χ0) is 15.2. The van der Waals surface area contributed by atoms with Gasteiger partial charge in [0.15, 0.2) is 0 Å². The van der Waals surface area contributed by atoms with Crippen LogP contribution in [0.1, 0.15) is 32.1 Å². The van der Waals surface area contributed by atoms with E-state index in [1.807, 2.05) is 0 Å². The van der Waals surface area contributed by atoms with Crippen LogP contribution < -0.4 is 10.0 Å². The molecule has 2 aliphatic rings. The van der Waals surface area contributed by atoms with E-state index < -0.39 is 10.0 Å². The number of methoxy groups -OCH3 is 1. The number of piperidine rings is 1. The number of ether oxygens (including phenoxy) is 2. The van der Waals surface area contributed by atoms with Crippen molar-refractivity contribution < 1.29 is 17.9 Å². The summed E-state index contributed by atoms with van der Waals surface area (Å²) in [6, 6.07) is 0. The zero-order valence-corrected chi connectivity index (χ0v) is 14.9. The number of hydrogen-bond donors (Lipinski definition) is 2. The SMILES string of the molecule is COCC1(CNS(=O)(=O)CC2CCCCO2)CCNCC1.Cl. The Labute approximate surface area is 140 Å². The Hall–Kier alpha value is 0.0800. The first-order valence-corrected chi connectivity index (χ1v) is 9.49. The minimum Gasteiger partial charge on any atom is -0.384 e. The normalized spacial score (nSPS) is 25.4. The van der Waals surface area contributed by atoms with Gasteiger partial charge >= 0.3 is 0 Å². The smallest absolute Gasteiger partial charge is 0.214 e. The van der Waals surface area contributed by atoms with Gasteiger partial charge in [0.1, 0.15) is 0 Å². The quantitative estimate of drug-likeness (QED) is 0.709. The van der Waals surface area contributed by atoms with Crippen LogP contribution in [-0.2, 0) is 19.5 Å². The van der Waals surface area contributed by atoms with Crippen molar-refractivity contribution in [1.82, 2.24) is 10.0 Å². The Kier molecular flexibility index (Phi) is 8.59. The van der Waals surface area contributed by atoms with Crippen molar-refractivity contribution in [3.05, 3.63) is 0 Å². The number of hydrogen-bond acceptors (Lipinski definition) is 5. The van der Waals surface area contributed by atoms with Crippen molar-refractivity contribution in [2.24, 2.45) is 5.41 Å². The van der Waals surface area contributed by atoms with Crippen LogP contribution in [-0.4, -0.2) is 60.2 Å². The highest BCUT2D eigenvalue weighted by Gasteiger charge is 2.34. The molecule has 0 spiro atoms.